The standard InChI is InChI=1S/C9H11BN2O3/c13-9-2-1-5-12(9)8-4-3-7(6-11-8)10(14)15/h3-4,6,14-15H,1-2,5H2. The molecule has 5 nitrogen and oxygen atoms in total. The number of hydrogen-bond acceptors (Lipinski definition) is 4. The summed E-state index contributed by atoms with van der Waals surface area (Å²) in [5.41, 5.74) is 0.324. The molecular formula is C9H11BN2O3. The molecule has 1 aliphatic heterocycles. The van der Waals surface area contributed by atoms with Crippen molar-refractivity contribution in [3.63, 3.8) is 0 Å². The van der Waals surface area contributed by atoms with Gasteiger partial charge in [0.15, 0.2) is 0 Å². The van der Waals surface area contributed by atoms with Crippen molar-refractivity contribution in [2.45, 2.75) is 12.8 Å². The summed E-state index contributed by atoms with van der Waals surface area (Å²) >= 11 is 0. The van der Waals surface area contributed by atoms with Gasteiger partial charge in [-0.3, -0.25) is 9.69 Å². The fourth-order valence-electron chi connectivity index (χ4n) is 1.60. The summed E-state index contributed by atoms with van der Waals surface area (Å²) in [5, 5.41) is 17.7. The minimum Gasteiger partial charge on any atom is -0.423 e. The molecule has 1 aliphatic rings. The molecule has 1 amide bonds. The third-order valence-electron chi connectivity index (χ3n) is 2.42. The lowest BCUT2D eigenvalue weighted by Gasteiger charge is -2.14. The Kier molecular flexibility index (Phi) is 2.70. The summed E-state index contributed by atoms with van der Waals surface area (Å²) in [5.74, 6) is 0.640. The molecule has 1 aromatic heterocycles. The molecule has 15 heavy (non-hydrogen) atoms. The van der Waals surface area contributed by atoms with Crippen LogP contribution >= 0.6 is 0 Å². The molecule has 1 aromatic rings. The average molecular weight is 206 g/mol. The van der Waals surface area contributed by atoms with Crippen molar-refractivity contribution in [1.82, 2.24) is 4.98 Å². The molecule has 0 spiro atoms. The lowest BCUT2D eigenvalue weighted by atomic mass is 9.82. The van der Waals surface area contributed by atoms with Gasteiger partial charge in [0.1, 0.15) is 5.82 Å². The molecular weight excluding hydrogens is 195 g/mol. The molecule has 0 atom stereocenters. The molecule has 1 fully saturated rings. The summed E-state index contributed by atoms with van der Waals surface area (Å²) in [7, 11) is -1.51. The van der Waals surface area contributed by atoms with E-state index in [1.54, 1.807) is 17.0 Å². The van der Waals surface area contributed by atoms with Crippen molar-refractivity contribution in [2.75, 3.05) is 11.4 Å². The van der Waals surface area contributed by atoms with Gasteiger partial charge in [-0.1, -0.05) is 6.07 Å². The lowest BCUT2D eigenvalue weighted by Crippen LogP contribution is -2.31. The molecule has 78 valence electrons. The van der Waals surface area contributed by atoms with Gasteiger partial charge in [0.05, 0.1) is 0 Å². The van der Waals surface area contributed by atoms with Crippen LogP contribution in [0, 0.1) is 0 Å². The van der Waals surface area contributed by atoms with E-state index in [1.165, 1.54) is 6.20 Å². The Bertz CT molecular complexity index is 366. The highest BCUT2D eigenvalue weighted by molar-refractivity contribution is 6.58. The van der Waals surface area contributed by atoms with Crippen LogP contribution in [0.1, 0.15) is 12.8 Å². The van der Waals surface area contributed by atoms with Crippen molar-refractivity contribution in [2.24, 2.45) is 0 Å². The number of anilines is 1. The summed E-state index contributed by atoms with van der Waals surface area (Å²) in [4.78, 5) is 17.0. The first-order chi connectivity index (χ1) is 7.18. The second-order valence-corrected chi connectivity index (χ2v) is 3.47. The summed E-state index contributed by atoms with van der Waals surface area (Å²) in [6, 6.07) is 3.18. The number of carbonyl (C=O) groups excluding carboxylic acids is 1. The van der Waals surface area contributed by atoms with Gasteiger partial charge in [0.2, 0.25) is 5.91 Å². The van der Waals surface area contributed by atoms with Crippen molar-refractivity contribution in [1.29, 1.82) is 0 Å². The molecule has 0 bridgehead atoms. The third kappa shape index (κ3) is 2.00. The van der Waals surface area contributed by atoms with Crippen LogP contribution in [0.4, 0.5) is 5.82 Å². The van der Waals surface area contributed by atoms with Crippen LogP contribution in [0.3, 0.4) is 0 Å². The SMILES string of the molecule is O=C1CCCN1c1ccc(B(O)O)cn1. The van der Waals surface area contributed by atoms with Crippen LogP contribution in [0.15, 0.2) is 18.3 Å². The summed E-state index contributed by atoms with van der Waals surface area (Å²) in [6.45, 7) is 0.687. The molecule has 0 aliphatic carbocycles. The Labute approximate surface area is 87.5 Å². The molecule has 0 radical (unpaired) electrons. The van der Waals surface area contributed by atoms with Crippen LogP contribution in [0.2, 0.25) is 0 Å². The number of amides is 1. The third-order valence-corrected chi connectivity index (χ3v) is 2.42. The van der Waals surface area contributed by atoms with E-state index in [2.05, 4.69) is 4.98 Å². The van der Waals surface area contributed by atoms with Gasteiger partial charge in [-0.05, 0) is 12.5 Å². The van der Waals surface area contributed by atoms with Crippen LogP contribution < -0.4 is 10.4 Å². The normalized spacial score (nSPS) is 15.9. The van der Waals surface area contributed by atoms with Gasteiger partial charge in [-0.15, -0.1) is 0 Å². The fraction of sp³-hybridized carbons (Fsp3) is 0.333. The van der Waals surface area contributed by atoms with E-state index in [4.69, 9.17) is 10.0 Å². The molecule has 1 saturated heterocycles. The Morgan fingerprint density at radius 3 is 2.67 bits per heavy atom. The largest absolute Gasteiger partial charge is 0.490 e. The van der Waals surface area contributed by atoms with E-state index in [0.717, 1.165) is 6.42 Å². The lowest BCUT2D eigenvalue weighted by molar-refractivity contribution is -0.117. The minimum absolute atomic E-state index is 0.0693. The van der Waals surface area contributed by atoms with E-state index < -0.39 is 7.12 Å². The summed E-state index contributed by atoms with van der Waals surface area (Å²) < 4.78 is 0. The fourth-order valence-corrected chi connectivity index (χ4v) is 1.60. The number of carbonyl (C=O) groups is 1. The molecule has 2 N–H and O–H groups in total. The molecule has 0 saturated carbocycles. The maximum absolute atomic E-state index is 11.4. The zero-order chi connectivity index (χ0) is 10.8. The monoisotopic (exact) mass is 206 g/mol. The van der Waals surface area contributed by atoms with Gasteiger partial charge < -0.3 is 10.0 Å². The predicted molar refractivity (Wildman–Crippen MR) is 55.6 cm³/mol. The second kappa shape index (κ2) is 4.00. The van der Waals surface area contributed by atoms with Crippen LogP contribution in [-0.2, 0) is 4.79 Å². The van der Waals surface area contributed by atoms with E-state index in [-0.39, 0.29) is 5.91 Å². The van der Waals surface area contributed by atoms with E-state index >= 15 is 0 Å². The highest BCUT2D eigenvalue weighted by atomic mass is 16.4. The average Bonchev–Trinajstić information content (AvgIpc) is 2.65. The highest BCUT2D eigenvalue weighted by Gasteiger charge is 2.23. The zero-order valence-electron chi connectivity index (χ0n) is 8.13. The van der Waals surface area contributed by atoms with Gasteiger partial charge in [-0.2, -0.15) is 0 Å². The van der Waals surface area contributed by atoms with Crippen LogP contribution in [0.5, 0.6) is 0 Å². The molecule has 2 heterocycles. The smallest absolute Gasteiger partial charge is 0.423 e. The van der Waals surface area contributed by atoms with Gasteiger partial charge in [0, 0.05) is 24.6 Å². The quantitative estimate of drug-likeness (QED) is 0.601. The van der Waals surface area contributed by atoms with Crippen LogP contribution in [-0.4, -0.2) is 34.6 Å². The molecule has 2 rings (SSSR count). The van der Waals surface area contributed by atoms with Crippen molar-refractivity contribution < 1.29 is 14.8 Å². The van der Waals surface area contributed by atoms with Gasteiger partial charge >= 0.3 is 7.12 Å². The van der Waals surface area contributed by atoms with Crippen LogP contribution in [0.25, 0.3) is 0 Å². The van der Waals surface area contributed by atoms with Gasteiger partial charge in [-0.25, -0.2) is 4.98 Å². The Morgan fingerprint density at radius 2 is 2.20 bits per heavy atom. The van der Waals surface area contributed by atoms with Crippen molar-refractivity contribution in [3.8, 4) is 0 Å². The number of hydrogen-bond donors (Lipinski definition) is 2. The van der Waals surface area contributed by atoms with E-state index in [9.17, 15) is 4.79 Å². The topological polar surface area (TPSA) is 73.7 Å². The first-order valence-electron chi connectivity index (χ1n) is 4.81. The van der Waals surface area contributed by atoms with Crippen molar-refractivity contribution >= 4 is 24.3 Å². The molecule has 0 aromatic carbocycles. The molecule has 6 heteroatoms. The Morgan fingerprint density at radius 1 is 1.40 bits per heavy atom. The van der Waals surface area contributed by atoms with E-state index in [0.29, 0.717) is 24.2 Å². The second-order valence-electron chi connectivity index (χ2n) is 3.47. The Hall–Kier alpha value is -1.40. The zero-order valence-corrected chi connectivity index (χ0v) is 8.13. The number of pyridine rings is 1. The number of nitrogens with zero attached hydrogens (tertiary/aromatic N) is 2. The number of rotatable bonds is 2. The van der Waals surface area contributed by atoms with Crippen molar-refractivity contribution in [3.05, 3.63) is 18.3 Å². The minimum atomic E-state index is -1.51. The van der Waals surface area contributed by atoms with E-state index in [1.807, 2.05) is 0 Å². The summed E-state index contributed by atoms with van der Waals surface area (Å²) in [6.07, 6.45) is 2.78. The maximum atomic E-state index is 11.4. The number of aromatic nitrogens is 1. The van der Waals surface area contributed by atoms with Gasteiger partial charge in [0.25, 0.3) is 0 Å². The first-order valence-corrected chi connectivity index (χ1v) is 4.81. The predicted octanol–water partition coefficient (Wildman–Crippen LogP) is -1.11. The maximum Gasteiger partial charge on any atom is 0.490 e. The highest BCUT2D eigenvalue weighted by Crippen LogP contribution is 2.17. The first kappa shape index (κ1) is 10.1. The molecule has 0 unspecified atom stereocenters. The Balaban J connectivity index is 2.19.